The van der Waals surface area contributed by atoms with Crippen LogP contribution in [0, 0.1) is 0 Å². The zero-order chi connectivity index (χ0) is 17.0. The molecule has 6 nitrogen and oxygen atoms in total. The molecule has 2 saturated heterocycles. The van der Waals surface area contributed by atoms with Crippen molar-refractivity contribution in [3.63, 3.8) is 0 Å². The predicted molar refractivity (Wildman–Crippen MR) is 88.7 cm³/mol. The molecule has 130 valence electrons. The van der Waals surface area contributed by atoms with Gasteiger partial charge in [0.05, 0.1) is 13.2 Å². The summed E-state index contributed by atoms with van der Waals surface area (Å²) >= 11 is 0. The Hall–Kier alpha value is -2.08. The number of nitrogens with zero attached hydrogens (tertiary/aromatic N) is 2. The number of benzene rings is 1. The number of likely N-dealkylation sites (N-methyl/N-ethyl adjacent to an activating group) is 1. The van der Waals surface area contributed by atoms with E-state index < -0.39 is 5.60 Å². The van der Waals surface area contributed by atoms with E-state index in [1.807, 2.05) is 30.3 Å². The molecule has 2 aliphatic heterocycles. The van der Waals surface area contributed by atoms with Crippen LogP contribution in [0.4, 0.5) is 0 Å². The Balaban J connectivity index is 1.64. The second kappa shape index (κ2) is 7.21. The first kappa shape index (κ1) is 16.8. The van der Waals surface area contributed by atoms with E-state index in [0.29, 0.717) is 31.9 Å². The zero-order valence-electron chi connectivity index (χ0n) is 14.1. The Morgan fingerprint density at radius 1 is 1.25 bits per heavy atom. The standard InChI is InChI=1S/C18H24N2O4/c1-19-10-6-5-9-18(17(19)22)14-20(11-12-24-18)16(21)13-23-15-7-3-2-4-8-15/h2-4,7-8H,5-6,9-14H2,1H3. The fraction of sp³-hybridized carbons (Fsp3) is 0.556. The third-order valence-corrected chi connectivity index (χ3v) is 4.70. The van der Waals surface area contributed by atoms with E-state index in [9.17, 15) is 9.59 Å². The molecule has 24 heavy (non-hydrogen) atoms. The van der Waals surface area contributed by atoms with E-state index in [1.54, 1.807) is 16.8 Å². The molecule has 1 atom stereocenters. The fourth-order valence-electron chi connectivity index (χ4n) is 3.35. The molecule has 2 amide bonds. The van der Waals surface area contributed by atoms with E-state index in [1.165, 1.54) is 0 Å². The second-order valence-corrected chi connectivity index (χ2v) is 6.44. The highest BCUT2D eigenvalue weighted by atomic mass is 16.5. The summed E-state index contributed by atoms with van der Waals surface area (Å²) in [5.74, 6) is 0.543. The van der Waals surface area contributed by atoms with Crippen molar-refractivity contribution in [1.29, 1.82) is 0 Å². The van der Waals surface area contributed by atoms with Crippen LogP contribution < -0.4 is 4.74 Å². The summed E-state index contributed by atoms with van der Waals surface area (Å²) in [4.78, 5) is 28.6. The highest BCUT2D eigenvalue weighted by molar-refractivity contribution is 5.87. The first-order valence-electron chi connectivity index (χ1n) is 8.46. The van der Waals surface area contributed by atoms with Crippen LogP contribution in [0.3, 0.4) is 0 Å². The molecule has 6 heteroatoms. The van der Waals surface area contributed by atoms with Gasteiger partial charge in [-0.2, -0.15) is 0 Å². The normalized spacial score (nSPS) is 24.8. The van der Waals surface area contributed by atoms with Gasteiger partial charge in [0, 0.05) is 20.1 Å². The summed E-state index contributed by atoms with van der Waals surface area (Å²) in [6, 6.07) is 9.26. The lowest BCUT2D eigenvalue weighted by atomic mass is 9.94. The maximum Gasteiger partial charge on any atom is 0.260 e. The maximum absolute atomic E-state index is 12.7. The first-order chi connectivity index (χ1) is 11.6. The van der Waals surface area contributed by atoms with E-state index in [-0.39, 0.29) is 18.4 Å². The van der Waals surface area contributed by atoms with Gasteiger partial charge in [0.25, 0.3) is 11.8 Å². The molecule has 1 unspecified atom stereocenters. The molecule has 0 radical (unpaired) electrons. The average molecular weight is 332 g/mol. The number of hydrogen-bond acceptors (Lipinski definition) is 4. The average Bonchev–Trinajstić information content (AvgIpc) is 2.75. The number of hydrogen-bond donors (Lipinski definition) is 0. The quantitative estimate of drug-likeness (QED) is 0.837. The number of morpholine rings is 1. The van der Waals surface area contributed by atoms with Gasteiger partial charge in [-0.3, -0.25) is 9.59 Å². The van der Waals surface area contributed by atoms with Crippen LogP contribution in [0.2, 0.25) is 0 Å². The molecule has 0 saturated carbocycles. The van der Waals surface area contributed by atoms with Crippen LogP contribution in [-0.4, -0.2) is 67.1 Å². The zero-order valence-corrected chi connectivity index (χ0v) is 14.1. The van der Waals surface area contributed by atoms with Crippen molar-refractivity contribution in [2.45, 2.75) is 24.9 Å². The van der Waals surface area contributed by atoms with Crippen molar-refractivity contribution in [1.82, 2.24) is 9.80 Å². The number of para-hydroxylation sites is 1. The molecule has 2 fully saturated rings. The van der Waals surface area contributed by atoms with Gasteiger partial charge in [-0.05, 0) is 31.4 Å². The Bertz CT molecular complexity index is 592. The van der Waals surface area contributed by atoms with E-state index >= 15 is 0 Å². The Kier molecular flexibility index (Phi) is 5.04. The van der Waals surface area contributed by atoms with Gasteiger partial charge in [0.15, 0.2) is 12.2 Å². The minimum Gasteiger partial charge on any atom is -0.484 e. The summed E-state index contributed by atoms with van der Waals surface area (Å²) in [7, 11) is 1.80. The number of rotatable bonds is 3. The Morgan fingerprint density at radius 2 is 2.04 bits per heavy atom. The molecule has 0 aliphatic carbocycles. The molecule has 1 aromatic carbocycles. The van der Waals surface area contributed by atoms with Crippen molar-refractivity contribution in [2.24, 2.45) is 0 Å². The van der Waals surface area contributed by atoms with Gasteiger partial charge in [-0.15, -0.1) is 0 Å². The number of ether oxygens (including phenoxy) is 2. The first-order valence-corrected chi connectivity index (χ1v) is 8.46. The predicted octanol–water partition coefficient (Wildman–Crippen LogP) is 1.31. The summed E-state index contributed by atoms with van der Waals surface area (Å²) in [5.41, 5.74) is -0.883. The van der Waals surface area contributed by atoms with Gasteiger partial charge in [-0.1, -0.05) is 18.2 Å². The van der Waals surface area contributed by atoms with E-state index in [0.717, 1.165) is 19.4 Å². The van der Waals surface area contributed by atoms with Crippen LogP contribution in [0.1, 0.15) is 19.3 Å². The minimum absolute atomic E-state index is 0.0125. The SMILES string of the molecule is CN1CCCCC2(CN(C(=O)COc3ccccc3)CCO2)C1=O. The smallest absolute Gasteiger partial charge is 0.260 e. The number of amides is 2. The molecular formula is C18H24N2O4. The van der Waals surface area contributed by atoms with Gasteiger partial charge in [0.1, 0.15) is 5.75 Å². The van der Waals surface area contributed by atoms with Crippen molar-refractivity contribution in [2.75, 3.05) is 39.9 Å². The molecule has 0 aromatic heterocycles. The maximum atomic E-state index is 12.7. The van der Waals surface area contributed by atoms with Crippen LogP contribution in [-0.2, 0) is 14.3 Å². The van der Waals surface area contributed by atoms with Crippen molar-refractivity contribution in [3.05, 3.63) is 30.3 Å². The summed E-state index contributed by atoms with van der Waals surface area (Å²) in [5, 5.41) is 0. The molecular weight excluding hydrogens is 308 g/mol. The molecule has 0 N–H and O–H groups in total. The highest BCUT2D eigenvalue weighted by Crippen LogP contribution is 2.29. The summed E-state index contributed by atoms with van der Waals surface area (Å²) in [6.07, 6.45) is 2.57. The van der Waals surface area contributed by atoms with Crippen molar-refractivity contribution < 1.29 is 19.1 Å². The van der Waals surface area contributed by atoms with Crippen molar-refractivity contribution >= 4 is 11.8 Å². The molecule has 0 bridgehead atoms. The third kappa shape index (κ3) is 3.53. The molecule has 2 aliphatic rings. The lowest BCUT2D eigenvalue weighted by Crippen LogP contribution is -2.60. The largest absolute Gasteiger partial charge is 0.484 e. The Labute approximate surface area is 142 Å². The number of likely N-dealkylation sites (tertiary alicyclic amines) is 1. The van der Waals surface area contributed by atoms with Crippen LogP contribution in [0.5, 0.6) is 5.75 Å². The summed E-state index contributed by atoms with van der Waals surface area (Å²) in [6.45, 7) is 1.92. The van der Waals surface area contributed by atoms with Gasteiger partial charge in [-0.25, -0.2) is 0 Å². The third-order valence-electron chi connectivity index (χ3n) is 4.70. The topological polar surface area (TPSA) is 59.1 Å². The monoisotopic (exact) mass is 332 g/mol. The van der Waals surface area contributed by atoms with Crippen LogP contribution in [0.15, 0.2) is 30.3 Å². The highest BCUT2D eigenvalue weighted by Gasteiger charge is 2.46. The van der Waals surface area contributed by atoms with Crippen LogP contribution >= 0.6 is 0 Å². The van der Waals surface area contributed by atoms with Gasteiger partial charge < -0.3 is 19.3 Å². The van der Waals surface area contributed by atoms with Crippen LogP contribution in [0.25, 0.3) is 0 Å². The molecule has 1 aromatic rings. The molecule has 1 spiro atoms. The number of carbonyl (C=O) groups is 2. The van der Waals surface area contributed by atoms with Gasteiger partial charge in [0.2, 0.25) is 0 Å². The molecule has 3 rings (SSSR count). The van der Waals surface area contributed by atoms with Crippen molar-refractivity contribution in [3.8, 4) is 5.75 Å². The molecule has 2 heterocycles. The lowest BCUT2D eigenvalue weighted by Gasteiger charge is -2.42. The second-order valence-electron chi connectivity index (χ2n) is 6.44. The van der Waals surface area contributed by atoms with Gasteiger partial charge >= 0.3 is 0 Å². The van der Waals surface area contributed by atoms with E-state index in [2.05, 4.69) is 0 Å². The lowest BCUT2D eigenvalue weighted by molar-refractivity contribution is -0.173. The number of carbonyl (C=O) groups excluding carboxylic acids is 2. The Morgan fingerprint density at radius 3 is 2.83 bits per heavy atom. The summed E-state index contributed by atoms with van der Waals surface area (Å²) < 4.78 is 11.4. The van der Waals surface area contributed by atoms with E-state index in [4.69, 9.17) is 9.47 Å². The fourth-order valence-corrected chi connectivity index (χ4v) is 3.35. The minimum atomic E-state index is -0.883.